The van der Waals surface area contributed by atoms with Crippen LogP contribution in [0.5, 0.6) is 0 Å². The summed E-state index contributed by atoms with van der Waals surface area (Å²) in [6.07, 6.45) is 9.12. The van der Waals surface area contributed by atoms with Gasteiger partial charge in [-0.1, -0.05) is 36.4 Å². The summed E-state index contributed by atoms with van der Waals surface area (Å²) in [6.45, 7) is 19.3. The van der Waals surface area contributed by atoms with Gasteiger partial charge in [-0.05, 0) is 65.8 Å². The quantitative estimate of drug-likeness (QED) is 0.143. The van der Waals surface area contributed by atoms with Crippen molar-refractivity contribution >= 4 is 55.7 Å². The van der Waals surface area contributed by atoms with E-state index in [0.29, 0.717) is 0 Å². The van der Waals surface area contributed by atoms with Gasteiger partial charge in [0.15, 0.2) is 5.71 Å². The van der Waals surface area contributed by atoms with Gasteiger partial charge in [0.2, 0.25) is 17.1 Å². The Kier molecular flexibility index (Phi) is 9.22. The Balaban J connectivity index is 1.84. The van der Waals surface area contributed by atoms with Crippen molar-refractivity contribution < 1.29 is 4.58 Å². The summed E-state index contributed by atoms with van der Waals surface area (Å²) in [5.41, 5.74) is 7.38. The number of nitrogens with zero attached hydrogens (tertiary/aromatic N) is 4. The molecule has 0 bridgehead atoms. The van der Waals surface area contributed by atoms with Crippen molar-refractivity contribution in [3.8, 4) is 0 Å². The van der Waals surface area contributed by atoms with Gasteiger partial charge in [-0.25, -0.2) is 4.58 Å². The molecule has 0 spiro atoms. The zero-order valence-corrected chi connectivity index (χ0v) is 26.3. The van der Waals surface area contributed by atoms with Crippen LogP contribution in [0, 0.1) is 0 Å². The average molecular weight is 559 g/mol. The van der Waals surface area contributed by atoms with Crippen molar-refractivity contribution in [2.24, 2.45) is 0 Å². The molecule has 0 atom stereocenters. The summed E-state index contributed by atoms with van der Waals surface area (Å²) in [6, 6.07) is 27.0. The molecule has 216 valence electrons. The van der Waals surface area contributed by atoms with Gasteiger partial charge in [0.1, 0.15) is 13.1 Å². The summed E-state index contributed by atoms with van der Waals surface area (Å²) < 4.78 is 4.87. The molecule has 42 heavy (non-hydrogen) atoms. The van der Waals surface area contributed by atoms with Gasteiger partial charge in [-0.2, -0.15) is 4.58 Å². The lowest BCUT2D eigenvalue weighted by molar-refractivity contribution is -0.519. The van der Waals surface area contributed by atoms with Crippen LogP contribution in [0.2, 0.25) is 0 Å². The molecule has 0 amide bonds. The van der Waals surface area contributed by atoms with E-state index in [0.717, 1.165) is 45.0 Å². The fourth-order valence-electron chi connectivity index (χ4n) is 6.41. The number of anilines is 2. The molecule has 4 aromatic carbocycles. The molecule has 0 aliphatic heterocycles. The highest BCUT2D eigenvalue weighted by molar-refractivity contribution is 6.20. The third-order valence-corrected chi connectivity index (χ3v) is 8.68. The van der Waals surface area contributed by atoms with Crippen molar-refractivity contribution in [1.29, 1.82) is 0 Å². The molecule has 0 fully saturated rings. The van der Waals surface area contributed by atoms with Crippen LogP contribution in [0.15, 0.2) is 97.1 Å². The van der Waals surface area contributed by atoms with Gasteiger partial charge in [0.05, 0.1) is 10.8 Å². The maximum atomic E-state index is 2.47. The molecule has 0 saturated heterocycles. The van der Waals surface area contributed by atoms with Crippen molar-refractivity contribution in [3.63, 3.8) is 0 Å². The highest BCUT2D eigenvalue weighted by Gasteiger charge is 2.27. The first-order chi connectivity index (χ1) is 20.6. The highest BCUT2D eigenvalue weighted by atomic mass is 15.1. The van der Waals surface area contributed by atoms with E-state index in [9.17, 15) is 0 Å². The minimum atomic E-state index is 0.980. The van der Waals surface area contributed by atoms with E-state index in [1.165, 1.54) is 50.0 Å². The molecule has 1 aliphatic rings. The lowest BCUT2D eigenvalue weighted by atomic mass is 10.0. The minimum Gasteiger partial charge on any atom is -0.372 e. The van der Waals surface area contributed by atoms with E-state index in [1.807, 2.05) is 0 Å². The third-order valence-electron chi connectivity index (χ3n) is 8.68. The highest BCUT2D eigenvalue weighted by Crippen LogP contribution is 2.40. The predicted molar refractivity (Wildman–Crippen MR) is 186 cm³/mol. The van der Waals surface area contributed by atoms with E-state index in [1.54, 1.807) is 0 Å². The van der Waals surface area contributed by atoms with Crippen molar-refractivity contribution in [1.82, 2.24) is 4.58 Å². The second kappa shape index (κ2) is 13.2. The Morgan fingerprint density at radius 1 is 0.452 bits per heavy atom. The van der Waals surface area contributed by atoms with Crippen LogP contribution < -0.4 is 14.4 Å². The number of rotatable bonds is 10. The second-order valence-electron chi connectivity index (χ2n) is 10.7. The summed E-state index contributed by atoms with van der Waals surface area (Å²) >= 11 is 0. The van der Waals surface area contributed by atoms with E-state index in [4.69, 9.17) is 0 Å². The molecule has 4 aromatic rings. The number of allylic oxidation sites excluding steroid dienone is 4. The molecule has 5 rings (SSSR count). The van der Waals surface area contributed by atoms with Gasteiger partial charge < -0.3 is 9.80 Å². The fourth-order valence-corrected chi connectivity index (χ4v) is 6.41. The van der Waals surface area contributed by atoms with Gasteiger partial charge in [-0.15, -0.1) is 0 Å². The van der Waals surface area contributed by atoms with Crippen LogP contribution in [-0.2, 0) is 0 Å². The maximum absolute atomic E-state index is 2.47. The molecule has 4 heteroatoms. The second-order valence-corrected chi connectivity index (χ2v) is 10.7. The molecular weight excluding hydrogens is 512 g/mol. The van der Waals surface area contributed by atoms with Gasteiger partial charge >= 0.3 is 0 Å². The topological polar surface area (TPSA) is 12.5 Å². The summed E-state index contributed by atoms with van der Waals surface area (Å²) in [5.74, 6) is 0. The molecule has 4 nitrogen and oxygen atoms in total. The Labute approximate surface area is 252 Å². The van der Waals surface area contributed by atoms with Gasteiger partial charge in [-0.3, -0.25) is 0 Å². The Morgan fingerprint density at radius 3 is 1.21 bits per heavy atom. The van der Waals surface area contributed by atoms with E-state index in [2.05, 4.69) is 158 Å². The van der Waals surface area contributed by atoms with Crippen LogP contribution in [0.1, 0.15) is 41.5 Å². The molecule has 0 unspecified atom stereocenters. The van der Waals surface area contributed by atoms with Gasteiger partial charge in [0, 0.05) is 84.8 Å². The summed E-state index contributed by atoms with van der Waals surface area (Å²) in [7, 11) is 0. The molecular formula is C38H46N4+2. The van der Waals surface area contributed by atoms with Crippen LogP contribution in [-0.4, -0.2) is 55.3 Å². The fraction of sp³-hybridized carbons (Fsp3) is 0.316. The van der Waals surface area contributed by atoms with Crippen molar-refractivity contribution in [2.45, 2.75) is 41.5 Å². The van der Waals surface area contributed by atoms with Crippen molar-refractivity contribution in [3.05, 3.63) is 97.1 Å². The first kappa shape index (κ1) is 29.3. The zero-order valence-electron chi connectivity index (χ0n) is 26.3. The van der Waals surface area contributed by atoms with Crippen LogP contribution in [0.3, 0.4) is 0 Å². The van der Waals surface area contributed by atoms with Crippen LogP contribution in [0.25, 0.3) is 21.5 Å². The van der Waals surface area contributed by atoms with Crippen molar-refractivity contribution in [2.75, 3.05) is 49.1 Å². The number of fused-ring (bicyclic) bond motifs is 2. The Hall–Kier alpha value is -4.18. The maximum Gasteiger partial charge on any atom is 0.219 e. The van der Waals surface area contributed by atoms with E-state index in [-0.39, 0.29) is 0 Å². The summed E-state index contributed by atoms with van der Waals surface area (Å²) in [4.78, 5) is 4.90. The predicted octanol–water partition coefficient (Wildman–Crippen LogP) is 8.58. The number of benzene rings is 4. The molecule has 0 N–H and O–H groups in total. The molecule has 0 radical (unpaired) electrons. The minimum absolute atomic E-state index is 0.980. The first-order valence-corrected chi connectivity index (χ1v) is 15.8. The first-order valence-electron chi connectivity index (χ1n) is 15.8. The summed E-state index contributed by atoms with van der Waals surface area (Å²) in [5, 5.41) is 5.08. The van der Waals surface area contributed by atoms with E-state index >= 15 is 0 Å². The zero-order chi connectivity index (χ0) is 29.6. The Morgan fingerprint density at radius 2 is 0.833 bits per heavy atom. The molecule has 0 heterocycles. The normalized spacial score (nSPS) is 12.8. The lowest BCUT2D eigenvalue weighted by Crippen LogP contribution is -2.24. The average Bonchev–Trinajstić information content (AvgIpc) is 3.05. The van der Waals surface area contributed by atoms with E-state index < -0.39 is 0 Å². The smallest absolute Gasteiger partial charge is 0.219 e. The number of hydrogen-bond acceptors (Lipinski definition) is 2. The van der Waals surface area contributed by atoms with Crippen LogP contribution >= 0.6 is 0 Å². The standard InChI is InChI=1S/C38H46N4/c1-7-39(8-2)29-21-23-30(24-22-29)42(37-27-25-35(40(9-3)10-4)31-17-13-15-19-33(31)37)38-28-26-36(41(11-5)12-6)32-18-14-16-20-34(32)38/h13-28H,7-12H2,1-6H3/q+2. The third kappa shape index (κ3) is 5.38. The van der Waals surface area contributed by atoms with Crippen LogP contribution in [0.4, 0.5) is 22.7 Å². The molecule has 1 aliphatic carbocycles. The molecule has 0 aromatic heterocycles. The monoisotopic (exact) mass is 558 g/mol. The Bertz CT molecular complexity index is 1580. The lowest BCUT2D eigenvalue weighted by Gasteiger charge is -2.24. The number of hydrogen-bond donors (Lipinski definition) is 0. The largest absolute Gasteiger partial charge is 0.372 e. The van der Waals surface area contributed by atoms with Gasteiger partial charge in [0.25, 0.3) is 0 Å². The SMILES string of the molecule is CCN(CC)c1ccc([N+](=C2C=CC(=[N+](CC)CC)C=C2)c2ccc(N(CC)CC)c3ccccc23)c2ccccc12. The molecule has 0 saturated carbocycles.